The van der Waals surface area contributed by atoms with E-state index in [0.29, 0.717) is 0 Å². The van der Waals surface area contributed by atoms with Gasteiger partial charge in [-0.1, -0.05) is 254 Å². The Morgan fingerprint density at radius 3 is 1.36 bits per heavy atom. The molecule has 10 aromatic carbocycles. The molecule has 6 heterocycles. The molecule has 0 bridgehead atoms. The molecule has 386 valence electrons. The van der Waals surface area contributed by atoms with Gasteiger partial charge < -0.3 is 6.41 Å². The van der Waals surface area contributed by atoms with Crippen LogP contribution in [0.4, 0.5) is 0 Å². The number of benzene rings is 10. The van der Waals surface area contributed by atoms with Crippen LogP contribution in [0.3, 0.4) is 0 Å². The second-order valence-electron chi connectivity index (χ2n) is 19.8. The third-order valence-electron chi connectivity index (χ3n) is 14.8. The molecule has 81 heavy (non-hydrogen) atoms. The lowest BCUT2D eigenvalue weighted by molar-refractivity contribution is 1.05. The Kier molecular flexibility index (Phi) is 13.7. The molecular formula is C74H50BrN4S2-. The number of halogens is 1. The summed E-state index contributed by atoms with van der Waals surface area (Å²) in [5, 5.41) is 2.53. The lowest BCUT2D eigenvalue weighted by Gasteiger charge is -2.16. The third kappa shape index (κ3) is 9.80. The maximum absolute atomic E-state index is 5.35. The minimum atomic E-state index is 0. The van der Waals surface area contributed by atoms with E-state index in [0.717, 1.165) is 44.0 Å². The summed E-state index contributed by atoms with van der Waals surface area (Å²) in [6.45, 7) is 0. The van der Waals surface area contributed by atoms with Crippen molar-refractivity contribution in [3.63, 3.8) is 0 Å². The summed E-state index contributed by atoms with van der Waals surface area (Å²) in [6, 6.07) is 102. The number of rotatable bonds is 5. The van der Waals surface area contributed by atoms with Crippen molar-refractivity contribution in [1.82, 2.24) is 19.5 Å². The van der Waals surface area contributed by atoms with Crippen LogP contribution in [-0.4, -0.2) is 19.5 Å². The van der Waals surface area contributed by atoms with Crippen LogP contribution in [0.25, 0.3) is 117 Å². The SMILES string of the molecule is Brc1cc(-c2ccccc2)cc(-c2ccccc2)n1.[H-].c1ccc(-c2cc(-c3ccccc3)nc(-n3c4c(c5ccccc53)-c3ccccc3Sc3ccccc3-4)c2)cc1.c1ccc2c(c1)Sc1ccccc1-c1c-2[nH]c2ccccc12. The molecule has 0 saturated carbocycles. The molecule has 0 atom stereocenters. The van der Waals surface area contributed by atoms with Crippen LogP contribution in [0.5, 0.6) is 0 Å². The minimum Gasteiger partial charge on any atom is -1.00 e. The van der Waals surface area contributed by atoms with E-state index < -0.39 is 0 Å². The van der Waals surface area contributed by atoms with Crippen LogP contribution < -0.4 is 0 Å². The molecule has 4 aromatic heterocycles. The molecule has 0 unspecified atom stereocenters. The predicted molar refractivity (Wildman–Crippen MR) is 344 cm³/mol. The van der Waals surface area contributed by atoms with Crippen molar-refractivity contribution in [3.05, 3.63) is 296 Å². The maximum atomic E-state index is 5.35. The number of hydrogen-bond donors (Lipinski definition) is 1. The van der Waals surface area contributed by atoms with Gasteiger partial charge in [0.25, 0.3) is 0 Å². The van der Waals surface area contributed by atoms with Crippen LogP contribution in [0.2, 0.25) is 0 Å². The summed E-state index contributed by atoms with van der Waals surface area (Å²) < 4.78 is 3.23. The molecule has 2 aliphatic rings. The first-order chi connectivity index (χ1) is 40.1. The molecule has 0 spiro atoms. The van der Waals surface area contributed by atoms with Gasteiger partial charge in [-0.2, -0.15) is 0 Å². The molecule has 0 aliphatic carbocycles. The van der Waals surface area contributed by atoms with E-state index in [4.69, 9.17) is 4.98 Å². The van der Waals surface area contributed by atoms with Gasteiger partial charge in [-0.05, 0) is 110 Å². The summed E-state index contributed by atoms with van der Waals surface area (Å²) in [6.07, 6.45) is 0. The fourth-order valence-electron chi connectivity index (χ4n) is 11.1. The van der Waals surface area contributed by atoms with Crippen LogP contribution in [0.1, 0.15) is 1.43 Å². The molecule has 2 aliphatic heterocycles. The van der Waals surface area contributed by atoms with Gasteiger partial charge in [0.05, 0.1) is 28.3 Å². The van der Waals surface area contributed by atoms with Gasteiger partial charge in [0, 0.05) is 69.3 Å². The summed E-state index contributed by atoms with van der Waals surface area (Å²) in [4.78, 5) is 18.7. The fourth-order valence-corrected chi connectivity index (χ4v) is 13.8. The highest BCUT2D eigenvalue weighted by molar-refractivity contribution is 9.10. The summed E-state index contributed by atoms with van der Waals surface area (Å²) in [7, 11) is 0. The highest BCUT2D eigenvalue weighted by Crippen LogP contribution is 2.53. The summed E-state index contributed by atoms with van der Waals surface area (Å²) in [5.41, 5.74) is 21.3. The van der Waals surface area contributed by atoms with Gasteiger partial charge in [-0.15, -0.1) is 0 Å². The van der Waals surface area contributed by atoms with Gasteiger partial charge in [-0.25, -0.2) is 9.97 Å². The lowest BCUT2D eigenvalue weighted by atomic mass is 9.98. The second-order valence-corrected chi connectivity index (χ2v) is 22.8. The topological polar surface area (TPSA) is 46.5 Å². The monoisotopic (exact) mass is 1140 g/mol. The largest absolute Gasteiger partial charge is 1.00 e. The molecule has 0 saturated heterocycles. The number of aromatic nitrogens is 4. The van der Waals surface area contributed by atoms with E-state index in [-0.39, 0.29) is 1.43 Å². The quantitative estimate of drug-likeness (QED) is 0.175. The number of nitrogens with zero attached hydrogens (tertiary/aromatic N) is 3. The third-order valence-corrected chi connectivity index (χ3v) is 17.5. The molecule has 14 aromatic rings. The van der Waals surface area contributed by atoms with Crippen molar-refractivity contribution < 1.29 is 1.43 Å². The maximum Gasteiger partial charge on any atom is 0.138 e. The van der Waals surface area contributed by atoms with Crippen LogP contribution in [0, 0.1) is 0 Å². The number of aromatic amines is 1. The Bertz CT molecular complexity index is 4490. The predicted octanol–water partition coefficient (Wildman–Crippen LogP) is 21.4. The van der Waals surface area contributed by atoms with Crippen molar-refractivity contribution in [2.75, 3.05) is 0 Å². The molecule has 0 fully saturated rings. The van der Waals surface area contributed by atoms with Crippen LogP contribution in [-0.2, 0) is 0 Å². The van der Waals surface area contributed by atoms with Gasteiger partial charge in [0.1, 0.15) is 10.4 Å². The standard InChI is InChI=1S/C37H24N2S.C20H13NS.C17H12BrN.H/c1-3-13-25(14-4-1)27-23-31(26-15-5-2-6-16-26)38-35(24-27)39-32-20-10-7-17-28(32)36-29-18-8-11-21-33(29)40-34-22-12-9-19-30(34)37(36)39;1-4-10-16-13(7-1)19-14-8-2-5-11-17(14)22-18-12-6-3-9-15(18)20(19)21-16;18-17-12-15(13-7-3-1-4-8-13)11-16(19-17)14-9-5-2-6-10-14;/h1-24H;1-12,21H;1-12H;/q;;;-1. The van der Waals surface area contributed by atoms with E-state index in [1.807, 2.05) is 66.0 Å². The average molecular weight is 1140 g/mol. The molecule has 0 amide bonds. The first-order valence-corrected chi connectivity index (χ1v) is 29.4. The average Bonchev–Trinajstić information content (AvgIpc) is 2.46. The van der Waals surface area contributed by atoms with E-state index in [9.17, 15) is 0 Å². The van der Waals surface area contributed by atoms with Crippen molar-refractivity contribution in [2.45, 2.75) is 19.6 Å². The molecule has 4 nitrogen and oxygen atoms in total. The van der Waals surface area contributed by atoms with Gasteiger partial charge in [-0.3, -0.25) is 4.57 Å². The smallest absolute Gasteiger partial charge is 0.138 e. The fraction of sp³-hybridized carbons (Fsp3) is 0. The Hall–Kier alpha value is -9.24. The van der Waals surface area contributed by atoms with Crippen molar-refractivity contribution >= 4 is 61.3 Å². The first kappa shape index (κ1) is 50.0. The normalized spacial score (nSPS) is 11.7. The zero-order chi connectivity index (χ0) is 54.1. The van der Waals surface area contributed by atoms with Crippen molar-refractivity contribution in [1.29, 1.82) is 0 Å². The zero-order valence-corrected chi connectivity index (χ0v) is 47.0. The van der Waals surface area contributed by atoms with Crippen LogP contribution in [0.15, 0.2) is 315 Å². The molecule has 16 rings (SSSR count). The summed E-state index contributed by atoms with van der Waals surface area (Å²) >= 11 is 7.19. The molecule has 1 N–H and O–H groups in total. The number of pyridine rings is 2. The van der Waals surface area contributed by atoms with Crippen molar-refractivity contribution in [3.8, 4) is 95.4 Å². The number of nitrogens with one attached hydrogen (secondary N) is 1. The van der Waals surface area contributed by atoms with E-state index in [1.54, 1.807) is 0 Å². The molecule has 7 heteroatoms. The molecular weight excluding hydrogens is 1090 g/mol. The Morgan fingerprint density at radius 1 is 0.346 bits per heavy atom. The minimum absolute atomic E-state index is 0. The number of para-hydroxylation sites is 2. The number of H-pyrrole nitrogens is 1. The lowest BCUT2D eigenvalue weighted by Crippen LogP contribution is -2.02. The van der Waals surface area contributed by atoms with E-state index >= 15 is 0 Å². The Balaban J connectivity index is 0.000000127. The Labute approximate surface area is 489 Å². The number of hydrogen-bond acceptors (Lipinski definition) is 4. The van der Waals surface area contributed by atoms with Crippen LogP contribution >= 0.6 is 39.5 Å². The van der Waals surface area contributed by atoms with E-state index in [1.165, 1.54) is 97.3 Å². The summed E-state index contributed by atoms with van der Waals surface area (Å²) in [5.74, 6) is 0.914. The van der Waals surface area contributed by atoms with Crippen molar-refractivity contribution in [2.24, 2.45) is 0 Å². The van der Waals surface area contributed by atoms with E-state index in [2.05, 4.69) is 279 Å². The van der Waals surface area contributed by atoms with Gasteiger partial charge in [0.2, 0.25) is 0 Å². The second kappa shape index (κ2) is 22.1. The van der Waals surface area contributed by atoms with Gasteiger partial charge >= 0.3 is 0 Å². The first-order valence-electron chi connectivity index (χ1n) is 27.0. The number of fused-ring (bicyclic) bond motifs is 14. The zero-order valence-electron chi connectivity index (χ0n) is 44.7. The van der Waals surface area contributed by atoms with Gasteiger partial charge in [0.15, 0.2) is 0 Å². The molecule has 0 radical (unpaired) electrons. The highest BCUT2D eigenvalue weighted by atomic mass is 79.9. The highest BCUT2D eigenvalue weighted by Gasteiger charge is 2.29. The Morgan fingerprint density at radius 2 is 0.765 bits per heavy atom.